The quantitative estimate of drug-likeness (QED) is 0.840. The highest BCUT2D eigenvalue weighted by atomic mass is 32.2. The molecular formula is C14H19F3N2O3S. The third-order valence-corrected chi connectivity index (χ3v) is 4.50. The minimum absolute atomic E-state index is 0.0796. The second-order valence-electron chi connectivity index (χ2n) is 5.65. The topological polar surface area (TPSA) is 69.6 Å². The maximum Gasteiger partial charge on any atom is 0.416 e. The van der Waals surface area contributed by atoms with Crippen molar-refractivity contribution in [2.45, 2.75) is 24.7 Å². The van der Waals surface area contributed by atoms with Crippen molar-refractivity contribution in [1.82, 2.24) is 9.62 Å². The molecule has 0 spiro atoms. The zero-order valence-electron chi connectivity index (χ0n) is 12.5. The van der Waals surface area contributed by atoms with Gasteiger partial charge in [-0.3, -0.25) is 4.90 Å². The number of benzene rings is 1. The first kappa shape index (κ1) is 18.2. The summed E-state index contributed by atoms with van der Waals surface area (Å²) in [5.74, 6) is 0. The van der Waals surface area contributed by atoms with Crippen LogP contribution in [0, 0.1) is 0 Å². The van der Waals surface area contributed by atoms with E-state index in [1.54, 1.807) is 4.90 Å². The van der Waals surface area contributed by atoms with Crippen LogP contribution in [0.25, 0.3) is 0 Å². The number of nitrogens with zero attached hydrogens (tertiary/aromatic N) is 1. The molecule has 1 aliphatic heterocycles. The average molecular weight is 352 g/mol. The second kappa shape index (κ2) is 6.76. The molecule has 1 aliphatic rings. The van der Waals surface area contributed by atoms with Gasteiger partial charge in [-0.2, -0.15) is 13.2 Å². The van der Waals surface area contributed by atoms with Crippen LogP contribution in [-0.4, -0.2) is 50.4 Å². The SMILES string of the molecule is CS(=O)(=O)NCCN1C[C@H](O)C[C@@H]1c1ccccc1C(F)(F)F. The number of likely N-dealkylation sites (tertiary alicyclic amines) is 1. The molecule has 0 amide bonds. The van der Waals surface area contributed by atoms with Gasteiger partial charge in [0.1, 0.15) is 0 Å². The largest absolute Gasteiger partial charge is 0.416 e. The predicted molar refractivity (Wildman–Crippen MR) is 79.2 cm³/mol. The van der Waals surface area contributed by atoms with E-state index in [2.05, 4.69) is 4.72 Å². The Morgan fingerprint density at radius 2 is 2.00 bits per heavy atom. The summed E-state index contributed by atoms with van der Waals surface area (Å²) in [7, 11) is -3.36. The molecule has 9 heteroatoms. The molecular weight excluding hydrogens is 333 g/mol. The van der Waals surface area contributed by atoms with Gasteiger partial charge in [0, 0.05) is 25.7 Å². The van der Waals surface area contributed by atoms with E-state index in [-0.39, 0.29) is 31.6 Å². The number of alkyl halides is 3. The highest BCUT2D eigenvalue weighted by molar-refractivity contribution is 7.88. The van der Waals surface area contributed by atoms with Crippen LogP contribution < -0.4 is 4.72 Å². The van der Waals surface area contributed by atoms with Gasteiger partial charge >= 0.3 is 6.18 Å². The first-order valence-electron chi connectivity index (χ1n) is 7.11. The van der Waals surface area contributed by atoms with Gasteiger partial charge in [0.05, 0.1) is 17.9 Å². The Bertz CT molecular complexity index is 649. The summed E-state index contributed by atoms with van der Waals surface area (Å²) in [6, 6.07) is 4.69. The van der Waals surface area contributed by atoms with E-state index in [4.69, 9.17) is 0 Å². The Balaban J connectivity index is 2.20. The first-order chi connectivity index (χ1) is 10.6. The highest BCUT2D eigenvalue weighted by Gasteiger charge is 2.39. The van der Waals surface area contributed by atoms with E-state index in [9.17, 15) is 26.7 Å². The Hall–Kier alpha value is -1.16. The fourth-order valence-electron chi connectivity index (χ4n) is 2.87. The predicted octanol–water partition coefficient (Wildman–Crippen LogP) is 1.36. The van der Waals surface area contributed by atoms with Crippen molar-refractivity contribution in [1.29, 1.82) is 0 Å². The van der Waals surface area contributed by atoms with Crippen molar-refractivity contribution >= 4 is 10.0 Å². The van der Waals surface area contributed by atoms with Crippen LogP contribution in [0.15, 0.2) is 24.3 Å². The van der Waals surface area contributed by atoms with Gasteiger partial charge in [-0.25, -0.2) is 13.1 Å². The van der Waals surface area contributed by atoms with Gasteiger partial charge in [0.2, 0.25) is 10.0 Å². The Morgan fingerprint density at radius 1 is 1.35 bits per heavy atom. The Kier molecular flexibility index (Phi) is 5.34. The van der Waals surface area contributed by atoms with E-state index in [0.717, 1.165) is 12.3 Å². The fourth-order valence-corrected chi connectivity index (χ4v) is 3.33. The molecule has 0 saturated carbocycles. The Labute approximate surface area is 133 Å². The lowest BCUT2D eigenvalue weighted by Crippen LogP contribution is -2.35. The molecule has 0 aliphatic carbocycles. The molecule has 1 aromatic rings. The molecule has 1 heterocycles. The van der Waals surface area contributed by atoms with Crippen molar-refractivity contribution in [3.63, 3.8) is 0 Å². The summed E-state index contributed by atoms with van der Waals surface area (Å²) in [6.45, 7) is 0.513. The van der Waals surface area contributed by atoms with Crippen molar-refractivity contribution in [3.8, 4) is 0 Å². The minimum atomic E-state index is -4.47. The zero-order valence-corrected chi connectivity index (χ0v) is 13.4. The summed E-state index contributed by atoms with van der Waals surface area (Å²) in [4.78, 5) is 1.67. The summed E-state index contributed by atoms with van der Waals surface area (Å²) < 4.78 is 63.9. The highest BCUT2D eigenvalue weighted by Crippen LogP contribution is 2.40. The van der Waals surface area contributed by atoms with Crippen LogP contribution in [-0.2, 0) is 16.2 Å². The van der Waals surface area contributed by atoms with Gasteiger partial charge < -0.3 is 5.11 Å². The summed E-state index contributed by atoms with van der Waals surface area (Å²) in [5, 5.41) is 9.82. The monoisotopic (exact) mass is 352 g/mol. The Morgan fingerprint density at radius 3 is 2.61 bits per heavy atom. The molecule has 1 aromatic carbocycles. The number of aliphatic hydroxyl groups excluding tert-OH is 1. The lowest BCUT2D eigenvalue weighted by molar-refractivity contribution is -0.138. The van der Waals surface area contributed by atoms with Crippen LogP contribution >= 0.6 is 0 Å². The lowest BCUT2D eigenvalue weighted by atomic mass is 9.97. The van der Waals surface area contributed by atoms with Gasteiger partial charge in [-0.15, -0.1) is 0 Å². The maximum absolute atomic E-state index is 13.2. The number of nitrogens with one attached hydrogen (secondary N) is 1. The zero-order chi connectivity index (χ0) is 17.3. The summed E-state index contributed by atoms with van der Waals surface area (Å²) in [6.07, 6.45) is -4.01. The number of aliphatic hydroxyl groups is 1. The number of hydrogen-bond acceptors (Lipinski definition) is 4. The number of halogens is 3. The van der Waals surface area contributed by atoms with E-state index < -0.39 is 33.9 Å². The molecule has 23 heavy (non-hydrogen) atoms. The van der Waals surface area contributed by atoms with E-state index >= 15 is 0 Å². The third kappa shape index (κ3) is 4.90. The normalized spacial score (nSPS) is 23.3. The first-order valence-corrected chi connectivity index (χ1v) is 9.00. The number of rotatable bonds is 5. The summed E-state index contributed by atoms with van der Waals surface area (Å²) in [5.41, 5.74) is -0.615. The molecule has 0 radical (unpaired) electrons. The average Bonchev–Trinajstić information content (AvgIpc) is 2.77. The van der Waals surface area contributed by atoms with Crippen molar-refractivity contribution in [3.05, 3.63) is 35.4 Å². The van der Waals surface area contributed by atoms with E-state index in [0.29, 0.717) is 0 Å². The molecule has 2 atom stereocenters. The second-order valence-corrected chi connectivity index (χ2v) is 7.48. The molecule has 0 aromatic heterocycles. The standard InChI is InChI=1S/C14H19F3N2O3S/c1-23(21,22)18-6-7-19-9-10(20)8-13(19)11-4-2-3-5-12(11)14(15,16)17/h2-5,10,13,18,20H,6-9H2,1H3/t10-,13-/m1/s1. The van der Waals surface area contributed by atoms with Gasteiger partial charge in [0.15, 0.2) is 0 Å². The number of sulfonamides is 1. The number of hydrogen-bond donors (Lipinski definition) is 2. The van der Waals surface area contributed by atoms with Gasteiger partial charge in [-0.05, 0) is 18.1 Å². The molecule has 5 nitrogen and oxygen atoms in total. The number of β-amino-alcohol motifs (C(OH)–C–C–N with tert-alkyl or cyclic N) is 1. The van der Waals surface area contributed by atoms with E-state index in [1.165, 1.54) is 18.2 Å². The molecule has 0 unspecified atom stereocenters. The summed E-state index contributed by atoms with van der Waals surface area (Å²) >= 11 is 0. The van der Waals surface area contributed by atoms with Crippen LogP contribution in [0.5, 0.6) is 0 Å². The van der Waals surface area contributed by atoms with Crippen LogP contribution in [0.4, 0.5) is 13.2 Å². The van der Waals surface area contributed by atoms with Gasteiger partial charge in [0.25, 0.3) is 0 Å². The van der Waals surface area contributed by atoms with Crippen LogP contribution in [0.1, 0.15) is 23.6 Å². The van der Waals surface area contributed by atoms with Crippen molar-refractivity contribution < 1.29 is 26.7 Å². The molecule has 2 rings (SSSR count). The van der Waals surface area contributed by atoms with Gasteiger partial charge in [-0.1, -0.05) is 18.2 Å². The molecule has 1 fully saturated rings. The smallest absolute Gasteiger partial charge is 0.392 e. The fraction of sp³-hybridized carbons (Fsp3) is 0.571. The van der Waals surface area contributed by atoms with E-state index in [1.807, 2.05) is 0 Å². The van der Waals surface area contributed by atoms with Crippen LogP contribution in [0.3, 0.4) is 0 Å². The van der Waals surface area contributed by atoms with Crippen LogP contribution in [0.2, 0.25) is 0 Å². The lowest BCUT2D eigenvalue weighted by Gasteiger charge is -2.26. The molecule has 2 N–H and O–H groups in total. The third-order valence-electron chi connectivity index (χ3n) is 3.77. The van der Waals surface area contributed by atoms with Crippen molar-refractivity contribution in [2.75, 3.05) is 25.9 Å². The molecule has 1 saturated heterocycles. The minimum Gasteiger partial charge on any atom is -0.392 e. The molecule has 0 bridgehead atoms. The molecule has 130 valence electrons. The van der Waals surface area contributed by atoms with Crippen molar-refractivity contribution in [2.24, 2.45) is 0 Å². The maximum atomic E-state index is 13.2.